The molecule has 2 N–H and O–H groups in total. The second-order valence-corrected chi connectivity index (χ2v) is 6.67. The van der Waals surface area contributed by atoms with Gasteiger partial charge >= 0.3 is 0 Å². The van der Waals surface area contributed by atoms with Crippen LogP contribution in [0.3, 0.4) is 0 Å². The minimum Gasteiger partial charge on any atom is -0.340 e. The maximum Gasteiger partial charge on any atom is 0.179 e. The molecule has 9 heteroatoms. The van der Waals surface area contributed by atoms with Crippen LogP contribution in [0.15, 0.2) is 47.2 Å². The molecule has 0 unspecified atom stereocenters. The molecule has 132 valence electrons. The van der Waals surface area contributed by atoms with Crippen LogP contribution in [-0.4, -0.2) is 25.6 Å². The Morgan fingerprint density at radius 3 is 2.52 bits per heavy atom. The summed E-state index contributed by atoms with van der Waals surface area (Å²) >= 11 is 1.53. The van der Waals surface area contributed by atoms with Crippen LogP contribution < -0.4 is 5.32 Å². The van der Waals surface area contributed by atoms with Gasteiger partial charge in [0.05, 0.1) is 5.52 Å². The van der Waals surface area contributed by atoms with Crippen molar-refractivity contribution in [1.82, 2.24) is 25.6 Å². The molecule has 6 nitrogen and oxygen atoms in total. The predicted octanol–water partition coefficient (Wildman–Crippen LogP) is 4.65. The van der Waals surface area contributed by atoms with Crippen LogP contribution in [0.5, 0.6) is 0 Å². The van der Waals surface area contributed by atoms with Crippen molar-refractivity contribution in [2.24, 2.45) is 0 Å². The van der Waals surface area contributed by atoms with Crippen molar-refractivity contribution >= 4 is 44.5 Å². The third kappa shape index (κ3) is 2.77. The minimum absolute atomic E-state index is 0.294. The van der Waals surface area contributed by atoms with E-state index in [1.165, 1.54) is 23.5 Å². The van der Waals surface area contributed by atoms with E-state index in [4.69, 9.17) is 0 Å². The van der Waals surface area contributed by atoms with E-state index in [0.717, 1.165) is 27.8 Å². The molecule has 0 atom stereocenters. The highest BCUT2D eigenvalue weighted by Crippen LogP contribution is 2.35. The highest BCUT2D eigenvalue weighted by atomic mass is 32.1. The second kappa shape index (κ2) is 6.06. The first-order valence-corrected chi connectivity index (χ1v) is 8.88. The number of hydrogen-bond donors (Lipinski definition) is 2. The van der Waals surface area contributed by atoms with Gasteiger partial charge in [-0.2, -0.15) is 11.3 Å². The van der Waals surface area contributed by atoms with Crippen LogP contribution in [0.1, 0.15) is 0 Å². The van der Waals surface area contributed by atoms with Crippen LogP contribution in [0.25, 0.3) is 33.1 Å². The van der Waals surface area contributed by atoms with Crippen LogP contribution >= 0.6 is 11.3 Å². The van der Waals surface area contributed by atoms with E-state index in [9.17, 15) is 8.78 Å². The summed E-state index contributed by atoms with van der Waals surface area (Å²) in [5, 5.41) is 23.7. The summed E-state index contributed by atoms with van der Waals surface area (Å²) in [5.74, 6) is -0.248. The maximum absolute atomic E-state index is 13.5. The third-order valence-electron chi connectivity index (χ3n) is 4.18. The number of hydrogen-bond acceptors (Lipinski definition) is 6. The lowest BCUT2D eigenvalue weighted by Gasteiger charge is -2.10. The first kappa shape index (κ1) is 15.8. The normalized spacial score (nSPS) is 11.3. The monoisotopic (exact) mass is 380 g/mol. The molecular formula is C18H10F2N6S. The Kier molecular flexibility index (Phi) is 3.54. The quantitative estimate of drug-likeness (QED) is 0.476. The number of halogens is 2. The molecule has 0 saturated heterocycles. The molecule has 5 rings (SSSR count). The SMILES string of the molecule is Fc1cc(F)cc(Nc2nc3cc(-c4nnn[nH]4)ccc3c3cscc23)c1. The molecule has 0 radical (unpaired) electrons. The van der Waals surface area contributed by atoms with E-state index in [1.807, 2.05) is 29.0 Å². The Balaban J connectivity index is 1.69. The van der Waals surface area contributed by atoms with E-state index < -0.39 is 11.6 Å². The highest BCUT2D eigenvalue weighted by Gasteiger charge is 2.12. The van der Waals surface area contributed by atoms with Gasteiger partial charge in [0, 0.05) is 38.9 Å². The lowest BCUT2D eigenvalue weighted by Crippen LogP contribution is -1.97. The number of tetrazole rings is 1. The summed E-state index contributed by atoms with van der Waals surface area (Å²) in [4.78, 5) is 4.67. The Bertz CT molecular complexity index is 1260. The van der Waals surface area contributed by atoms with Gasteiger partial charge in [-0.05, 0) is 34.0 Å². The van der Waals surface area contributed by atoms with E-state index in [-0.39, 0.29) is 0 Å². The Morgan fingerprint density at radius 1 is 0.926 bits per heavy atom. The van der Waals surface area contributed by atoms with Gasteiger partial charge < -0.3 is 5.32 Å². The number of nitrogens with zero attached hydrogens (tertiary/aromatic N) is 4. The van der Waals surface area contributed by atoms with Crippen molar-refractivity contribution in [3.8, 4) is 11.4 Å². The molecule has 27 heavy (non-hydrogen) atoms. The van der Waals surface area contributed by atoms with E-state index in [0.29, 0.717) is 22.8 Å². The van der Waals surface area contributed by atoms with Crippen molar-refractivity contribution in [3.05, 3.63) is 58.8 Å². The van der Waals surface area contributed by atoms with Gasteiger partial charge in [0.1, 0.15) is 17.5 Å². The van der Waals surface area contributed by atoms with Crippen LogP contribution in [-0.2, 0) is 0 Å². The molecule has 3 heterocycles. The van der Waals surface area contributed by atoms with Crippen molar-refractivity contribution < 1.29 is 8.78 Å². The van der Waals surface area contributed by atoms with E-state index >= 15 is 0 Å². The van der Waals surface area contributed by atoms with Gasteiger partial charge in [-0.1, -0.05) is 12.1 Å². The fraction of sp³-hybridized carbons (Fsp3) is 0. The van der Waals surface area contributed by atoms with Crippen molar-refractivity contribution in [2.75, 3.05) is 5.32 Å². The topological polar surface area (TPSA) is 79.4 Å². The Labute approximate surface area is 154 Å². The molecule has 0 aliphatic heterocycles. The molecule has 0 aliphatic rings. The van der Waals surface area contributed by atoms with Gasteiger partial charge in [-0.3, -0.25) is 0 Å². The van der Waals surface area contributed by atoms with E-state index in [2.05, 4.69) is 30.9 Å². The number of thiophene rings is 1. The van der Waals surface area contributed by atoms with Gasteiger partial charge in [-0.15, -0.1) is 5.10 Å². The number of pyridine rings is 1. The summed E-state index contributed by atoms with van der Waals surface area (Å²) in [5.41, 5.74) is 1.80. The second-order valence-electron chi connectivity index (χ2n) is 5.92. The molecule has 0 bridgehead atoms. The van der Waals surface area contributed by atoms with Crippen LogP contribution in [0.2, 0.25) is 0 Å². The Hall–Kier alpha value is -3.46. The number of nitrogens with one attached hydrogen (secondary N) is 2. The average Bonchev–Trinajstić information content (AvgIpc) is 3.33. The number of H-pyrrole nitrogens is 1. The van der Waals surface area contributed by atoms with Gasteiger partial charge in [-0.25, -0.2) is 18.9 Å². The predicted molar refractivity (Wildman–Crippen MR) is 99.9 cm³/mol. The molecule has 0 spiro atoms. The number of anilines is 2. The van der Waals surface area contributed by atoms with Crippen LogP contribution in [0, 0.1) is 11.6 Å². The molecule has 0 amide bonds. The molecule has 0 fully saturated rings. The molecule has 0 aliphatic carbocycles. The van der Waals surface area contributed by atoms with Crippen molar-refractivity contribution in [3.63, 3.8) is 0 Å². The zero-order valence-electron chi connectivity index (χ0n) is 13.6. The first-order valence-electron chi connectivity index (χ1n) is 7.94. The number of fused-ring (bicyclic) bond motifs is 3. The van der Waals surface area contributed by atoms with Crippen molar-refractivity contribution in [2.45, 2.75) is 0 Å². The summed E-state index contributed by atoms with van der Waals surface area (Å²) in [6, 6.07) is 9.02. The van der Waals surface area contributed by atoms with Gasteiger partial charge in [0.15, 0.2) is 5.82 Å². The third-order valence-corrected chi connectivity index (χ3v) is 4.92. The fourth-order valence-corrected chi connectivity index (χ4v) is 3.84. The van der Waals surface area contributed by atoms with E-state index in [1.54, 1.807) is 0 Å². The van der Waals surface area contributed by atoms with Crippen LogP contribution in [0.4, 0.5) is 20.3 Å². The first-order chi connectivity index (χ1) is 13.2. The molecule has 2 aromatic carbocycles. The van der Waals surface area contributed by atoms with Gasteiger partial charge in [0.2, 0.25) is 0 Å². The summed E-state index contributed by atoms with van der Waals surface area (Å²) in [7, 11) is 0. The smallest absolute Gasteiger partial charge is 0.179 e. The lowest BCUT2D eigenvalue weighted by atomic mass is 10.1. The summed E-state index contributed by atoms with van der Waals surface area (Å²) in [6.45, 7) is 0. The number of aromatic nitrogens is 5. The fourth-order valence-electron chi connectivity index (χ4n) is 3.01. The molecular weight excluding hydrogens is 370 g/mol. The molecule has 0 saturated carbocycles. The lowest BCUT2D eigenvalue weighted by molar-refractivity contribution is 0.584. The largest absolute Gasteiger partial charge is 0.340 e. The highest BCUT2D eigenvalue weighted by molar-refractivity contribution is 7.09. The maximum atomic E-state index is 13.5. The minimum atomic E-state index is -0.653. The summed E-state index contributed by atoms with van der Waals surface area (Å²) < 4.78 is 27.1. The zero-order chi connectivity index (χ0) is 18.4. The van der Waals surface area contributed by atoms with Gasteiger partial charge in [0.25, 0.3) is 0 Å². The molecule has 5 aromatic rings. The molecule has 3 aromatic heterocycles. The standard InChI is InChI=1S/C18H10F2N6S/c19-10-4-11(20)6-12(5-10)21-18-15-8-27-7-14(15)13-2-1-9(3-16(13)22-18)17-23-25-26-24-17/h1-8H,(H,21,22)(H,23,24,25,26). The number of rotatable bonds is 3. The average molecular weight is 380 g/mol. The van der Waals surface area contributed by atoms with Crippen molar-refractivity contribution in [1.29, 1.82) is 0 Å². The number of aromatic amines is 1. The Morgan fingerprint density at radius 2 is 1.74 bits per heavy atom. The summed E-state index contributed by atoms with van der Waals surface area (Å²) in [6.07, 6.45) is 0. The number of benzene rings is 2. The zero-order valence-corrected chi connectivity index (χ0v) is 14.4.